The van der Waals surface area contributed by atoms with Crippen molar-refractivity contribution >= 4 is 48.5 Å². The predicted octanol–water partition coefficient (Wildman–Crippen LogP) is 8.82. The van der Waals surface area contributed by atoms with Crippen molar-refractivity contribution in [3.05, 3.63) is 108 Å². The maximum absolute atomic E-state index is 14.8. The highest BCUT2D eigenvalue weighted by Gasteiger charge is 2.16. The van der Waals surface area contributed by atoms with E-state index in [9.17, 15) is 4.39 Å². The molecule has 1 saturated heterocycles. The van der Waals surface area contributed by atoms with E-state index in [0.29, 0.717) is 6.54 Å². The summed E-state index contributed by atoms with van der Waals surface area (Å²) in [6.07, 6.45) is 12.2. The minimum Gasteiger partial charge on any atom is -0.353 e. The Morgan fingerprint density at radius 1 is 1.02 bits per heavy atom. The van der Waals surface area contributed by atoms with Gasteiger partial charge in [-0.3, -0.25) is 14.7 Å². The smallest absolute Gasteiger partial charge is 0.124 e. The van der Waals surface area contributed by atoms with E-state index in [1.807, 2.05) is 36.6 Å². The molecule has 3 N–H and O–H groups in total. The molecular weight excluding hydrogens is 578 g/mol. The van der Waals surface area contributed by atoms with Gasteiger partial charge in [-0.15, -0.1) is 0 Å². The Bertz CT molecular complexity index is 2040. The molecule has 1 aliphatic rings. The molecule has 2 aromatic heterocycles. The van der Waals surface area contributed by atoms with E-state index < -0.39 is 9.39 Å². The van der Waals surface area contributed by atoms with Crippen LogP contribution in [0.5, 0.6) is 0 Å². The number of benzene rings is 3. The first-order chi connectivity index (χ1) is 21.7. The van der Waals surface area contributed by atoms with Crippen molar-refractivity contribution in [2.45, 2.75) is 32.7 Å². The summed E-state index contributed by atoms with van der Waals surface area (Å²) < 4.78 is 18.1. The Labute approximate surface area is 266 Å². The topological polar surface area (TPSA) is 59.7 Å². The molecule has 0 aliphatic carbocycles. The van der Waals surface area contributed by atoms with E-state index in [1.54, 1.807) is 12.1 Å². The zero-order valence-electron chi connectivity index (χ0n) is 26.3. The lowest BCUT2D eigenvalue weighted by Gasteiger charge is -2.26. The number of allylic oxidation sites excluding steroid dienone is 3. The zero-order valence-corrected chi connectivity index (χ0v) is 27.1. The summed E-state index contributed by atoms with van der Waals surface area (Å²) in [5.41, 5.74) is 9.86. The third-order valence-electron chi connectivity index (χ3n) is 8.48. The molecule has 0 atom stereocenters. The van der Waals surface area contributed by atoms with Crippen molar-refractivity contribution in [3.8, 4) is 22.5 Å². The van der Waals surface area contributed by atoms with Gasteiger partial charge in [-0.2, -0.15) is 14.5 Å². The SMILES string of the molecule is C=C/C(=C\C(=C/C)c1ccc2[nH]nc(-c3cc4c(-c5cc(F)cc(CNS(=C)(=C)C)c5)cccc4[nH]3)c2c1)CN1CCCCC1. The van der Waals surface area contributed by atoms with Crippen LogP contribution < -0.4 is 4.72 Å². The van der Waals surface area contributed by atoms with Crippen LogP contribution in [0.2, 0.25) is 0 Å². The van der Waals surface area contributed by atoms with Gasteiger partial charge in [-0.25, -0.2) is 4.39 Å². The van der Waals surface area contributed by atoms with Crippen LogP contribution in [-0.4, -0.2) is 57.7 Å². The average Bonchev–Trinajstić information content (AvgIpc) is 3.66. The quantitative estimate of drug-likeness (QED) is 0.108. The van der Waals surface area contributed by atoms with Gasteiger partial charge in [0.15, 0.2) is 0 Å². The Hall–Kier alpha value is -4.17. The molecule has 0 saturated carbocycles. The summed E-state index contributed by atoms with van der Waals surface area (Å²) in [7, 11) is -1.41. The number of hydrogen-bond donors (Lipinski definition) is 3. The van der Waals surface area contributed by atoms with Crippen LogP contribution in [-0.2, 0) is 6.54 Å². The number of aromatic nitrogens is 3. The van der Waals surface area contributed by atoms with Crippen LogP contribution >= 0.6 is 9.39 Å². The average molecular weight is 620 g/mol. The van der Waals surface area contributed by atoms with E-state index in [0.717, 1.165) is 80.7 Å². The van der Waals surface area contributed by atoms with Crippen molar-refractivity contribution in [1.29, 1.82) is 0 Å². The molecule has 3 heterocycles. The number of piperidine rings is 1. The number of fused-ring (bicyclic) bond motifs is 2. The van der Waals surface area contributed by atoms with Gasteiger partial charge in [-0.1, -0.05) is 61.2 Å². The van der Waals surface area contributed by atoms with Gasteiger partial charge in [0.1, 0.15) is 11.5 Å². The highest BCUT2D eigenvalue weighted by Crippen LogP contribution is 2.35. The largest absolute Gasteiger partial charge is 0.353 e. The second-order valence-corrected chi connectivity index (χ2v) is 15.1. The lowest BCUT2D eigenvalue weighted by Crippen LogP contribution is -2.31. The lowest BCUT2D eigenvalue weighted by atomic mass is 9.98. The molecule has 3 aromatic carbocycles. The van der Waals surface area contributed by atoms with Crippen molar-refractivity contribution in [3.63, 3.8) is 0 Å². The van der Waals surface area contributed by atoms with E-state index in [2.05, 4.69) is 81.4 Å². The second-order valence-electron chi connectivity index (χ2n) is 12.2. The fourth-order valence-electron chi connectivity index (χ4n) is 6.18. The minimum atomic E-state index is -1.41. The van der Waals surface area contributed by atoms with Crippen molar-refractivity contribution in [1.82, 2.24) is 24.8 Å². The minimum absolute atomic E-state index is 0.267. The maximum atomic E-state index is 14.8. The van der Waals surface area contributed by atoms with Gasteiger partial charge in [0.25, 0.3) is 0 Å². The number of hydrogen-bond acceptors (Lipinski definition) is 3. The van der Waals surface area contributed by atoms with Crippen LogP contribution in [0, 0.1) is 5.82 Å². The first-order valence-electron chi connectivity index (χ1n) is 15.5. The number of H-pyrrole nitrogens is 2. The molecule has 1 aliphatic heterocycles. The summed E-state index contributed by atoms with van der Waals surface area (Å²) in [5.74, 6) is 7.89. The monoisotopic (exact) mass is 619 g/mol. The third-order valence-corrected chi connectivity index (χ3v) is 9.32. The summed E-state index contributed by atoms with van der Waals surface area (Å²) in [6, 6.07) is 19.8. The molecule has 0 spiro atoms. The normalized spacial score (nSPS) is 15.3. The van der Waals surface area contributed by atoms with Crippen molar-refractivity contribution < 1.29 is 4.39 Å². The van der Waals surface area contributed by atoms with Crippen LogP contribution in [0.25, 0.3) is 49.9 Å². The van der Waals surface area contributed by atoms with Crippen LogP contribution in [0.1, 0.15) is 37.3 Å². The molecule has 0 unspecified atom stereocenters. The number of halogens is 1. The van der Waals surface area contributed by atoms with Gasteiger partial charge in [0.2, 0.25) is 0 Å². The number of nitrogens with zero attached hydrogens (tertiary/aromatic N) is 2. The molecule has 7 heteroatoms. The van der Waals surface area contributed by atoms with E-state index in [4.69, 9.17) is 5.10 Å². The summed E-state index contributed by atoms with van der Waals surface area (Å²) in [6.45, 7) is 9.93. The molecule has 5 aromatic rings. The highest BCUT2D eigenvalue weighted by molar-refractivity contribution is 8.25. The molecular formula is C38H42FN5S. The molecule has 232 valence electrons. The number of aromatic amines is 2. The first kappa shape index (κ1) is 30.8. The molecule has 45 heavy (non-hydrogen) atoms. The maximum Gasteiger partial charge on any atom is 0.124 e. The van der Waals surface area contributed by atoms with Gasteiger partial charge in [0, 0.05) is 29.4 Å². The van der Waals surface area contributed by atoms with Crippen LogP contribution in [0.4, 0.5) is 4.39 Å². The number of rotatable bonds is 10. The van der Waals surface area contributed by atoms with Crippen LogP contribution in [0.15, 0.2) is 91.0 Å². The molecule has 0 radical (unpaired) electrons. The van der Waals surface area contributed by atoms with E-state index in [1.165, 1.54) is 24.8 Å². The second kappa shape index (κ2) is 13.1. The summed E-state index contributed by atoms with van der Waals surface area (Å²) >= 11 is 0. The fraction of sp³-hybridized carbons (Fsp3) is 0.237. The van der Waals surface area contributed by atoms with E-state index in [-0.39, 0.29) is 5.82 Å². The van der Waals surface area contributed by atoms with Gasteiger partial charge < -0.3 is 4.98 Å². The molecule has 5 nitrogen and oxygen atoms in total. The Kier molecular flexibility index (Phi) is 8.95. The van der Waals surface area contributed by atoms with Crippen molar-refractivity contribution in [2.24, 2.45) is 0 Å². The molecule has 0 bridgehead atoms. The lowest BCUT2D eigenvalue weighted by molar-refractivity contribution is 0.248. The predicted molar refractivity (Wildman–Crippen MR) is 196 cm³/mol. The summed E-state index contributed by atoms with van der Waals surface area (Å²) in [5, 5.41) is 9.99. The van der Waals surface area contributed by atoms with Crippen LogP contribution in [0.3, 0.4) is 0 Å². The Balaban J connectivity index is 1.34. The zero-order chi connectivity index (χ0) is 31.6. The first-order valence-corrected chi connectivity index (χ1v) is 17.9. The fourth-order valence-corrected chi connectivity index (χ4v) is 6.69. The standard InChI is InChI=1S/C38H42FN5S/c1-6-26(25-44-16-9-8-10-17-44)18-28(7-2)29-14-15-36-34(22-29)38(43-42-36)37-23-33-32(12-11-13-35(33)41-37)30-19-27(20-31(39)21-30)24-40-45(3,4)5/h6-7,11-15,18-23,40-41H,1,3-4,8-10,16-17,24-25H2,2,5H3,(H,42,43)/b26-18+,28-7+. The van der Waals surface area contributed by atoms with Gasteiger partial charge >= 0.3 is 0 Å². The number of nitrogens with one attached hydrogen (secondary N) is 3. The van der Waals surface area contributed by atoms with Crippen molar-refractivity contribution in [2.75, 3.05) is 25.9 Å². The molecule has 1 fully saturated rings. The molecule has 0 amide bonds. The number of likely N-dealkylation sites (tertiary alicyclic amines) is 1. The Morgan fingerprint density at radius 2 is 1.84 bits per heavy atom. The summed E-state index contributed by atoms with van der Waals surface area (Å²) in [4.78, 5) is 6.10. The van der Waals surface area contributed by atoms with Gasteiger partial charge in [0.05, 0.1) is 11.2 Å². The van der Waals surface area contributed by atoms with Gasteiger partial charge in [-0.05, 0) is 115 Å². The molecule has 6 rings (SSSR count). The third kappa shape index (κ3) is 7.06. The highest BCUT2D eigenvalue weighted by atomic mass is 32.2. The van der Waals surface area contributed by atoms with E-state index >= 15 is 0 Å². The Morgan fingerprint density at radius 3 is 2.60 bits per heavy atom.